The minimum absolute atomic E-state index is 0.0455. The highest BCUT2D eigenvalue weighted by molar-refractivity contribution is 6.22. The zero-order chi connectivity index (χ0) is 24.4. The molecule has 2 aromatic rings. The largest absolute Gasteiger partial charge is 0.452 e. The van der Waals surface area contributed by atoms with Gasteiger partial charge in [0, 0.05) is 23.4 Å². The van der Waals surface area contributed by atoms with Crippen LogP contribution in [0.1, 0.15) is 68.7 Å². The number of nitrogens with zero attached hydrogens (tertiary/aromatic N) is 2. The number of aryl methyl sites for hydroxylation is 1. The number of hydrogen-bond acceptors (Lipinski definition) is 7. The first-order valence-corrected chi connectivity index (χ1v) is 11.0. The van der Waals surface area contributed by atoms with Crippen LogP contribution in [0.4, 0.5) is 11.4 Å². The summed E-state index contributed by atoms with van der Waals surface area (Å²) in [5.41, 5.74) is 0.953. The van der Waals surface area contributed by atoms with E-state index in [1.165, 1.54) is 41.3 Å². The van der Waals surface area contributed by atoms with Gasteiger partial charge in [-0.05, 0) is 44.0 Å². The summed E-state index contributed by atoms with van der Waals surface area (Å²) in [7, 11) is 0. The lowest BCUT2D eigenvalue weighted by Crippen LogP contribution is -2.40. The topological polar surface area (TPSA) is 136 Å². The van der Waals surface area contributed by atoms with Crippen molar-refractivity contribution in [2.24, 2.45) is 0 Å². The van der Waals surface area contributed by atoms with Crippen molar-refractivity contribution in [3.63, 3.8) is 0 Å². The minimum atomic E-state index is -0.829. The second-order valence-electron chi connectivity index (χ2n) is 8.42. The quantitative estimate of drug-likeness (QED) is 0.298. The third-order valence-electron chi connectivity index (χ3n) is 6.12. The van der Waals surface area contributed by atoms with Crippen molar-refractivity contribution in [1.29, 1.82) is 0 Å². The van der Waals surface area contributed by atoms with Crippen molar-refractivity contribution in [2.45, 2.75) is 45.1 Å². The number of fused-ring (bicyclic) bond motifs is 1. The van der Waals surface area contributed by atoms with Crippen LogP contribution in [0.2, 0.25) is 0 Å². The van der Waals surface area contributed by atoms with Gasteiger partial charge in [-0.1, -0.05) is 25.3 Å². The van der Waals surface area contributed by atoms with E-state index in [-0.39, 0.29) is 40.0 Å². The maximum absolute atomic E-state index is 12.9. The Morgan fingerprint density at radius 2 is 1.76 bits per heavy atom. The van der Waals surface area contributed by atoms with Gasteiger partial charge in [0.25, 0.3) is 23.4 Å². The van der Waals surface area contributed by atoms with Gasteiger partial charge in [-0.25, -0.2) is 4.79 Å². The Balaban J connectivity index is 1.39. The predicted molar refractivity (Wildman–Crippen MR) is 121 cm³/mol. The first-order valence-electron chi connectivity index (χ1n) is 11.0. The smallest absolute Gasteiger partial charge is 0.338 e. The number of imide groups is 1. The molecule has 4 rings (SSSR count). The second-order valence-corrected chi connectivity index (χ2v) is 8.42. The van der Waals surface area contributed by atoms with Gasteiger partial charge >= 0.3 is 5.97 Å². The van der Waals surface area contributed by atoms with Gasteiger partial charge < -0.3 is 10.1 Å². The number of anilines is 1. The van der Waals surface area contributed by atoms with E-state index >= 15 is 0 Å². The number of benzene rings is 2. The van der Waals surface area contributed by atoms with E-state index in [1.807, 2.05) is 0 Å². The third kappa shape index (κ3) is 4.52. The molecule has 3 amide bonds. The average Bonchev–Trinajstić information content (AvgIpc) is 3.08. The molecule has 176 valence electrons. The van der Waals surface area contributed by atoms with Crippen LogP contribution in [-0.4, -0.2) is 46.2 Å². The maximum atomic E-state index is 12.9. The summed E-state index contributed by atoms with van der Waals surface area (Å²) < 4.78 is 5.03. The van der Waals surface area contributed by atoms with E-state index in [1.54, 1.807) is 6.92 Å². The van der Waals surface area contributed by atoms with Crippen molar-refractivity contribution < 1.29 is 28.8 Å². The molecule has 1 fully saturated rings. The number of amides is 3. The highest BCUT2D eigenvalue weighted by atomic mass is 16.6. The zero-order valence-electron chi connectivity index (χ0n) is 18.5. The Labute approximate surface area is 195 Å². The molecule has 0 bridgehead atoms. The third-order valence-corrected chi connectivity index (χ3v) is 6.12. The molecule has 10 heteroatoms. The fourth-order valence-corrected chi connectivity index (χ4v) is 4.35. The predicted octanol–water partition coefficient (Wildman–Crippen LogP) is 3.63. The van der Waals surface area contributed by atoms with E-state index in [2.05, 4.69) is 5.32 Å². The number of hydrogen-bond donors (Lipinski definition) is 1. The van der Waals surface area contributed by atoms with Crippen molar-refractivity contribution >= 4 is 35.1 Å². The first-order chi connectivity index (χ1) is 16.3. The van der Waals surface area contributed by atoms with Gasteiger partial charge in [0.15, 0.2) is 6.61 Å². The lowest BCUT2D eigenvalue weighted by atomic mass is 9.94. The number of nitro groups is 1. The van der Waals surface area contributed by atoms with Crippen molar-refractivity contribution in [1.82, 2.24) is 4.90 Å². The molecule has 1 heterocycles. The van der Waals surface area contributed by atoms with Gasteiger partial charge in [-0.2, -0.15) is 0 Å². The molecule has 2 aromatic carbocycles. The highest BCUT2D eigenvalue weighted by Crippen LogP contribution is 2.31. The molecule has 10 nitrogen and oxygen atoms in total. The van der Waals surface area contributed by atoms with Gasteiger partial charge in [-0.15, -0.1) is 0 Å². The summed E-state index contributed by atoms with van der Waals surface area (Å²) in [4.78, 5) is 62.0. The first kappa shape index (κ1) is 23.1. The summed E-state index contributed by atoms with van der Waals surface area (Å²) in [6.07, 6.45) is 4.57. The van der Waals surface area contributed by atoms with E-state index in [0.29, 0.717) is 5.56 Å². The average molecular weight is 465 g/mol. The number of ether oxygens (including phenoxy) is 1. The Bertz CT molecular complexity index is 1200. The number of nitro benzene ring substituents is 1. The molecule has 1 N–H and O–H groups in total. The second kappa shape index (κ2) is 9.42. The highest BCUT2D eigenvalue weighted by Gasteiger charge is 2.40. The molecule has 0 radical (unpaired) electrons. The lowest BCUT2D eigenvalue weighted by molar-refractivity contribution is -0.385. The molecule has 34 heavy (non-hydrogen) atoms. The van der Waals surface area contributed by atoms with Crippen LogP contribution in [0.5, 0.6) is 0 Å². The fourth-order valence-electron chi connectivity index (χ4n) is 4.35. The molecule has 1 saturated carbocycles. The van der Waals surface area contributed by atoms with E-state index in [0.717, 1.165) is 32.1 Å². The van der Waals surface area contributed by atoms with Gasteiger partial charge in [-0.3, -0.25) is 29.4 Å². The number of carbonyl (C=O) groups excluding carboxylic acids is 4. The summed E-state index contributed by atoms with van der Waals surface area (Å²) in [6.45, 7) is 0.952. The normalized spacial score (nSPS) is 15.7. The molecule has 0 aromatic heterocycles. The van der Waals surface area contributed by atoms with Gasteiger partial charge in [0.05, 0.1) is 21.6 Å². The number of carbonyl (C=O) groups is 4. The molecule has 2 aliphatic rings. The molecular weight excluding hydrogens is 442 g/mol. The summed E-state index contributed by atoms with van der Waals surface area (Å²) in [5.74, 6) is -2.27. The van der Waals surface area contributed by atoms with Gasteiger partial charge in [0.2, 0.25) is 0 Å². The summed E-state index contributed by atoms with van der Waals surface area (Å²) >= 11 is 0. The SMILES string of the molecule is Cc1ccc(NC(=O)COC(=O)c2ccc3c(c2)C(=O)N(C2CCCCC2)C3=O)cc1[N+](=O)[O-]. The van der Waals surface area contributed by atoms with E-state index < -0.39 is 29.3 Å². The Kier molecular flexibility index (Phi) is 6.40. The minimum Gasteiger partial charge on any atom is -0.452 e. The van der Waals surface area contributed by atoms with Crippen molar-refractivity contribution in [3.8, 4) is 0 Å². The van der Waals surface area contributed by atoms with Crippen LogP contribution in [0, 0.1) is 17.0 Å². The van der Waals surface area contributed by atoms with Crippen molar-refractivity contribution in [2.75, 3.05) is 11.9 Å². The van der Waals surface area contributed by atoms with Crippen LogP contribution in [0.3, 0.4) is 0 Å². The van der Waals surface area contributed by atoms with Gasteiger partial charge in [0.1, 0.15) is 0 Å². The fraction of sp³-hybridized carbons (Fsp3) is 0.333. The Morgan fingerprint density at radius 3 is 2.47 bits per heavy atom. The molecule has 0 atom stereocenters. The monoisotopic (exact) mass is 465 g/mol. The number of nitrogens with one attached hydrogen (secondary N) is 1. The standard InChI is InChI=1S/C24H23N3O7/c1-14-7-9-16(12-20(14)27(32)33)25-21(28)13-34-24(31)15-8-10-18-19(11-15)23(30)26(22(18)29)17-5-3-2-4-6-17/h7-12,17H,2-6,13H2,1H3,(H,25,28). The molecule has 1 aliphatic carbocycles. The van der Waals surface area contributed by atoms with Crippen LogP contribution in [-0.2, 0) is 9.53 Å². The van der Waals surface area contributed by atoms with Crippen LogP contribution in [0.15, 0.2) is 36.4 Å². The van der Waals surface area contributed by atoms with Crippen LogP contribution < -0.4 is 5.32 Å². The lowest BCUT2D eigenvalue weighted by Gasteiger charge is -2.29. The number of esters is 1. The number of rotatable bonds is 6. The molecule has 1 aliphatic heterocycles. The van der Waals surface area contributed by atoms with Crippen LogP contribution >= 0.6 is 0 Å². The Hall–Kier alpha value is -4.08. The summed E-state index contributed by atoms with van der Waals surface area (Å²) in [5, 5.41) is 13.5. The van der Waals surface area contributed by atoms with E-state index in [9.17, 15) is 29.3 Å². The zero-order valence-corrected chi connectivity index (χ0v) is 18.5. The maximum Gasteiger partial charge on any atom is 0.338 e. The summed E-state index contributed by atoms with van der Waals surface area (Å²) in [6, 6.07) is 8.23. The van der Waals surface area contributed by atoms with E-state index in [4.69, 9.17) is 4.74 Å². The molecule has 0 spiro atoms. The molecule has 0 saturated heterocycles. The Morgan fingerprint density at radius 1 is 1.06 bits per heavy atom. The molecule has 0 unspecified atom stereocenters. The van der Waals surface area contributed by atoms with Crippen LogP contribution in [0.25, 0.3) is 0 Å². The molecular formula is C24H23N3O7. The van der Waals surface area contributed by atoms with Crippen molar-refractivity contribution in [3.05, 3.63) is 68.8 Å².